The van der Waals surface area contributed by atoms with Gasteiger partial charge in [-0.15, -0.1) is 0 Å². The van der Waals surface area contributed by atoms with E-state index >= 15 is 0 Å². The summed E-state index contributed by atoms with van der Waals surface area (Å²) in [5, 5.41) is 23.5. The third-order valence-electron chi connectivity index (χ3n) is 2.95. The van der Waals surface area contributed by atoms with Gasteiger partial charge in [0.15, 0.2) is 0 Å². The molecule has 1 aromatic carbocycles. The van der Waals surface area contributed by atoms with E-state index in [-0.39, 0.29) is 12.3 Å². The Morgan fingerprint density at radius 1 is 1.33 bits per heavy atom. The second kappa shape index (κ2) is 7.51. The van der Waals surface area contributed by atoms with Crippen LogP contribution in [-0.4, -0.2) is 41.4 Å². The number of nitro groups is 1. The Morgan fingerprint density at radius 2 is 2.14 bits per heavy atom. The van der Waals surface area contributed by atoms with E-state index in [0.717, 1.165) is 5.39 Å². The maximum absolute atomic E-state index is 11.1. The second-order valence-corrected chi connectivity index (χ2v) is 4.41. The Labute approximate surface area is 121 Å². The van der Waals surface area contributed by atoms with Crippen LogP contribution in [0.15, 0.2) is 30.5 Å². The van der Waals surface area contributed by atoms with Gasteiger partial charge in [-0.1, -0.05) is 18.2 Å². The highest BCUT2D eigenvalue weighted by Crippen LogP contribution is 2.31. The molecule has 0 aliphatic rings. The number of fused-ring (bicyclic) bond motifs is 1. The quantitative estimate of drug-likeness (QED) is 0.438. The van der Waals surface area contributed by atoms with Gasteiger partial charge < -0.3 is 15.2 Å². The molecular weight excluding hydrogens is 274 g/mol. The summed E-state index contributed by atoms with van der Waals surface area (Å²) in [6, 6.07) is 7.28. The molecular formula is C14H17N3O4. The Morgan fingerprint density at radius 3 is 2.90 bits per heavy atom. The predicted octanol–water partition coefficient (Wildman–Crippen LogP) is 1.95. The van der Waals surface area contributed by atoms with Crippen LogP contribution in [-0.2, 0) is 4.74 Å². The van der Waals surface area contributed by atoms with Crippen molar-refractivity contribution in [2.45, 2.75) is 6.42 Å². The van der Waals surface area contributed by atoms with Crippen molar-refractivity contribution in [2.75, 3.05) is 31.7 Å². The Kier molecular flexibility index (Phi) is 5.42. The Balaban J connectivity index is 2.12. The highest BCUT2D eigenvalue weighted by Gasteiger charge is 2.17. The monoisotopic (exact) mass is 291 g/mol. The van der Waals surface area contributed by atoms with Crippen molar-refractivity contribution < 1.29 is 14.8 Å². The molecule has 0 radical (unpaired) electrons. The van der Waals surface area contributed by atoms with Crippen molar-refractivity contribution in [3.05, 3.63) is 40.6 Å². The average Bonchev–Trinajstić information content (AvgIpc) is 2.50. The van der Waals surface area contributed by atoms with Crippen molar-refractivity contribution in [2.24, 2.45) is 0 Å². The van der Waals surface area contributed by atoms with Gasteiger partial charge in [-0.2, -0.15) is 0 Å². The molecule has 0 atom stereocenters. The number of aromatic nitrogens is 1. The third-order valence-corrected chi connectivity index (χ3v) is 2.95. The zero-order chi connectivity index (χ0) is 15.1. The lowest BCUT2D eigenvalue weighted by molar-refractivity contribution is -0.384. The lowest BCUT2D eigenvalue weighted by Crippen LogP contribution is -2.09. The van der Waals surface area contributed by atoms with Gasteiger partial charge in [0.2, 0.25) is 0 Å². The van der Waals surface area contributed by atoms with Gasteiger partial charge in [0.05, 0.1) is 23.7 Å². The number of benzene rings is 1. The number of aliphatic hydroxyl groups excluding tert-OH is 1. The van der Waals surface area contributed by atoms with E-state index in [9.17, 15) is 10.1 Å². The van der Waals surface area contributed by atoms with Crippen molar-refractivity contribution in [3.63, 3.8) is 0 Å². The molecule has 7 heteroatoms. The molecule has 0 aliphatic carbocycles. The molecule has 2 rings (SSSR count). The molecule has 7 nitrogen and oxygen atoms in total. The summed E-state index contributed by atoms with van der Waals surface area (Å²) in [6.07, 6.45) is 1.96. The number of hydrogen-bond donors (Lipinski definition) is 2. The average molecular weight is 291 g/mol. The summed E-state index contributed by atoms with van der Waals surface area (Å²) in [6.45, 7) is 1.33. The van der Waals surface area contributed by atoms with Gasteiger partial charge >= 0.3 is 5.69 Å². The summed E-state index contributed by atoms with van der Waals surface area (Å²) in [5.41, 5.74) is 1.15. The first-order chi connectivity index (χ1) is 10.2. The van der Waals surface area contributed by atoms with E-state index in [0.29, 0.717) is 37.4 Å². The maximum Gasteiger partial charge on any atom is 0.311 e. The van der Waals surface area contributed by atoms with Gasteiger partial charge in [-0.05, 0) is 12.5 Å². The van der Waals surface area contributed by atoms with Gasteiger partial charge in [-0.3, -0.25) is 10.1 Å². The van der Waals surface area contributed by atoms with Gasteiger partial charge in [0.25, 0.3) is 0 Å². The van der Waals surface area contributed by atoms with E-state index in [2.05, 4.69) is 10.3 Å². The first-order valence-electron chi connectivity index (χ1n) is 6.68. The highest BCUT2D eigenvalue weighted by atomic mass is 16.6. The van der Waals surface area contributed by atoms with Crippen LogP contribution in [0.1, 0.15) is 6.42 Å². The minimum absolute atomic E-state index is 0.00606. The fourth-order valence-corrected chi connectivity index (χ4v) is 2.01. The fraction of sp³-hybridized carbons (Fsp3) is 0.357. The van der Waals surface area contributed by atoms with E-state index in [1.54, 1.807) is 6.07 Å². The second-order valence-electron chi connectivity index (χ2n) is 4.41. The maximum atomic E-state index is 11.1. The smallest absolute Gasteiger partial charge is 0.311 e. The molecule has 1 aromatic heterocycles. The minimum atomic E-state index is -0.440. The molecule has 0 fully saturated rings. The van der Waals surface area contributed by atoms with Crippen LogP contribution in [0.25, 0.3) is 10.9 Å². The van der Waals surface area contributed by atoms with Crippen LogP contribution >= 0.6 is 0 Å². The van der Waals surface area contributed by atoms with Crippen molar-refractivity contribution >= 4 is 22.3 Å². The van der Waals surface area contributed by atoms with Crippen LogP contribution < -0.4 is 5.32 Å². The van der Waals surface area contributed by atoms with Crippen molar-refractivity contribution in [1.29, 1.82) is 0 Å². The summed E-state index contributed by atoms with van der Waals surface area (Å²) < 4.78 is 5.15. The molecule has 0 saturated heterocycles. The van der Waals surface area contributed by atoms with E-state index in [1.807, 2.05) is 18.2 Å². The van der Waals surface area contributed by atoms with Crippen LogP contribution in [0.5, 0.6) is 0 Å². The van der Waals surface area contributed by atoms with Crippen LogP contribution in [0.3, 0.4) is 0 Å². The first kappa shape index (κ1) is 15.1. The summed E-state index contributed by atoms with van der Waals surface area (Å²) >= 11 is 0. The molecule has 0 aliphatic heterocycles. The van der Waals surface area contributed by atoms with Crippen LogP contribution in [0, 0.1) is 10.1 Å². The molecule has 0 bridgehead atoms. The minimum Gasteiger partial charge on any atom is -0.394 e. The number of nitrogens with one attached hydrogen (secondary N) is 1. The number of pyridine rings is 1. The Hall–Kier alpha value is -2.25. The van der Waals surface area contributed by atoms with Crippen molar-refractivity contribution in [1.82, 2.24) is 4.98 Å². The van der Waals surface area contributed by atoms with E-state index in [1.165, 1.54) is 6.20 Å². The van der Waals surface area contributed by atoms with Crippen molar-refractivity contribution in [3.8, 4) is 0 Å². The number of rotatable bonds is 8. The molecule has 2 aromatic rings. The van der Waals surface area contributed by atoms with Crippen LogP contribution in [0.4, 0.5) is 11.4 Å². The number of para-hydroxylation sites is 1. The van der Waals surface area contributed by atoms with E-state index < -0.39 is 4.92 Å². The standard InChI is InChI=1S/C14H17N3O4/c18-7-9-21-8-3-6-15-14-11-4-1-2-5-12(11)16-10-13(14)17(19)20/h1-2,4-5,10,18H,3,6-9H2,(H,15,16). The molecule has 21 heavy (non-hydrogen) atoms. The summed E-state index contributed by atoms with van der Waals surface area (Å²) in [5.74, 6) is 0. The molecule has 1 heterocycles. The Bertz CT molecular complexity index is 618. The SMILES string of the molecule is O=[N+]([O-])c1cnc2ccccc2c1NCCCOCCO. The van der Waals surface area contributed by atoms with E-state index in [4.69, 9.17) is 9.84 Å². The topological polar surface area (TPSA) is 97.5 Å². The number of ether oxygens (including phenoxy) is 1. The number of nitrogens with zero attached hydrogens (tertiary/aromatic N) is 2. The zero-order valence-corrected chi connectivity index (χ0v) is 11.5. The molecule has 0 unspecified atom stereocenters. The zero-order valence-electron chi connectivity index (χ0n) is 11.5. The predicted molar refractivity (Wildman–Crippen MR) is 79.4 cm³/mol. The number of hydrogen-bond acceptors (Lipinski definition) is 6. The third kappa shape index (κ3) is 3.87. The molecule has 112 valence electrons. The van der Waals surface area contributed by atoms with Gasteiger partial charge in [0.1, 0.15) is 11.9 Å². The highest BCUT2D eigenvalue weighted by molar-refractivity contribution is 5.95. The first-order valence-corrected chi connectivity index (χ1v) is 6.68. The van der Waals surface area contributed by atoms with Crippen LogP contribution in [0.2, 0.25) is 0 Å². The molecule has 2 N–H and O–H groups in total. The fourth-order valence-electron chi connectivity index (χ4n) is 2.01. The largest absolute Gasteiger partial charge is 0.394 e. The lowest BCUT2D eigenvalue weighted by atomic mass is 10.1. The lowest BCUT2D eigenvalue weighted by Gasteiger charge is -2.10. The summed E-state index contributed by atoms with van der Waals surface area (Å²) in [4.78, 5) is 14.8. The van der Waals surface area contributed by atoms with Gasteiger partial charge in [-0.25, -0.2) is 4.98 Å². The number of aliphatic hydroxyl groups is 1. The normalized spacial score (nSPS) is 10.7. The summed E-state index contributed by atoms with van der Waals surface area (Å²) in [7, 11) is 0. The molecule has 0 amide bonds. The van der Waals surface area contributed by atoms with Gasteiger partial charge in [0, 0.05) is 18.5 Å². The molecule has 0 spiro atoms. The number of anilines is 1. The molecule has 0 saturated carbocycles.